The first kappa shape index (κ1) is 14.4. The van der Waals surface area contributed by atoms with Gasteiger partial charge < -0.3 is 25.0 Å². The molecule has 0 aromatic heterocycles. The van der Waals surface area contributed by atoms with Crippen LogP contribution in [0.3, 0.4) is 0 Å². The molecule has 0 saturated carbocycles. The van der Waals surface area contributed by atoms with Crippen molar-refractivity contribution >= 4 is 5.97 Å². The van der Waals surface area contributed by atoms with Crippen molar-refractivity contribution < 1.29 is 24.5 Å². The molecule has 3 N–H and O–H groups in total. The highest BCUT2D eigenvalue weighted by Crippen LogP contribution is 2.23. The zero-order chi connectivity index (χ0) is 12.9. The van der Waals surface area contributed by atoms with Gasteiger partial charge in [0.25, 0.3) is 0 Å². The predicted molar refractivity (Wildman–Crippen MR) is 60.6 cm³/mol. The predicted octanol–water partition coefficient (Wildman–Crippen LogP) is -0.189. The quantitative estimate of drug-likeness (QED) is 0.603. The van der Waals surface area contributed by atoms with Crippen molar-refractivity contribution in [2.24, 2.45) is 5.41 Å². The number of carboxylic acid groups (broad SMARTS) is 1. The van der Waals surface area contributed by atoms with E-state index in [0.29, 0.717) is 26.2 Å². The number of aliphatic carboxylic acids is 1. The summed E-state index contributed by atoms with van der Waals surface area (Å²) in [5.41, 5.74) is 0.0403. The van der Waals surface area contributed by atoms with E-state index in [-0.39, 0.29) is 11.7 Å². The van der Waals surface area contributed by atoms with Crippen molar-refractivity contribution in [3.8, 4) is 0 Å². The number of ether oxygens (including phenoxy) is 2. The third kappa shape index (κ3) is 4.99. The van der Waals surface area contributed by atoms with Crippen LogP contribution in [0.25, 0.3) is 0 Å². The summed E-state index contributed by atoms with van der Waals surface area (Å²) in [6.07, 6.45) is 0.281. The van der Waals surface area contributed by atoms with Gasteiger partial charge in [-0.1, -0.05) is 13.8 Å². The number of carboxylic acids is 1. The van der Waals surface area contributed by atoms with Crippen LogP contribution in [0.2, 0.25) is 0 Å². The van der Waals surface area contributed by atoms with E-state index in [2.05, 4.69) is 19.2 Å². The fourth-order valence-corrected chi connectivity index (χ4v) is 1.50. The van der Waals surface area contributed by atoms with E-state index in [1.54, 1.807) is 0 Å². The Hall–Kier alpha value is -0.690. The molecule has 1 aliphatic heterocycles. The lowest BCUT2D eigenvalue weighted by molar-refractivity contribution is -0.223. The molecule has 0 unspecified atom stereocenters. The Morgan fingerprint density at radius 1 is 1.47 bits per heavy atom. The van der Waals surface area contributed by atoms with Crippen molar-refractivity contribution in [1.82, 2.24) is 5.32 Å². The maximum atomic E-state index is 10.6. The van der Waals surface area contributed by atoms with Crippen molar-refractivity contribution in [3.63, 3.8) is 0 Å². The number of rotatable bonds is 6. The van der Waals surface area contributed by atoms with Crippen LogP contribution in [-0.4, -0.2) is 54.9 Å². The van der Waals surface area contributed by atoms with Gasteiger partial charge in [-0.3, -0.25) is 4.79 Å². The molecule has 6 heteroatoms. The van der Waals surface area contributed by atoms with Gasteiger partial charge in [0.05, 0.1) is 19.8 Å². The first-order chi connectivity index (χ1) is 7.94. The molecule has 1 aliphatic rings. The maximum Gasteiger partial charge on any atom is 0.323 e. The van der Waals surface area contributed by atoms with Crippen LogP contribution in [0.4, 0.5) is 0 Å². The summed E-state index contributed by atoms with van der Waals surface area (Å²) in [5, 5.41) is 20.2. The molecule has 0 radical (unpaired) electrons. The summed E-state index contributed by atoms with van der Waals surface area (Å²) >= 11 is 0. The zero-order valence-electron chi connectivity index (χ0n) is 10.3. The summed E-state index contributed by atoms with van der Waals surface area (Å²) in [6.45, 7) is 5.42. The molecule has 0 spiro atoms. The first-order valence-electron chi connectivity index (χ1n) is 5.75. The molecule has 0 aliphatic carbocycles. The molecular weight excluding hydrogens is 226 g/mol. The largest absolute Gasteiger partial charge is 0.480 e. The van der Waals surface area contributed by atoms with Crippen LogP contribution >= 0.6 is 0 Å². The summed E-state index contributed by atoms with van der Waals surface area (Å²) in [5.74, 6) is -1.06. The third-order valence-corrected chi connectivity index (χ3v) is 2.57. The van der Waals surface area contributed by atoms with E-state index >= 15 is 0 Å². The number of hydrogen-bond donors (Lipinski definition) is 3. The first-order valence-corrected chi connectivity index (χ1v) is 5.75. The Balaban J connectivity index is 2.17. The van der Waals surface area contributed by atoms with Gasteiger partial charge in [0.15, 0.2) is 6.29 Å². The Kier molecular flexibility index (Phi) is 5.32. The van der Waals surface area contributed by atoms with E-state index < -0.39 is 18.6 Å². The van der Waals surface area contributed by atoms with Gasteiger partial charge in [0, 0.05) is 18.4 Å². The van der Waals surface area contributed by atoms with Crippen LogP contribution in [0.1, 0.15) is 20.3 Å². The molecule has 1 saturated heterocycles. The molecule has 1 heterocycles. The smallest absolute Gasteiger partial charge is 0.323 e. The molecule has 1 fully saturated rings. The van der Waals surface area contributed by atoms with Crippen LogP contribution < -0.4 is 5.32 Å². The van der Waals surface area contributed by atoms with Crippen molar-refractivity contribution in [2.75, 3.05) is 26.4 Å². The average molecular weight is 247 g/mol. The second-order valence-corrected chi connectivity index (χ2v) is 5.03. The Morgan fingerprint density at radius 2 is 2.06 bits per heavy atom. The number of hydrogen-bond acceptors (Lipinski definition) is 5. The Labute approximate surface area is 101 Å². The second-order valence-electron chi connectivity index (χ2n) is 5.03. The minimum Gasteiger partial charge on any atom is -0.480 e. The highest BCUT2D eigenvalue weighted by Gasteiger charge is 2.28. The second kappa shape index (κ2) is 6.30. The SMILES string of the molecule is CC1(C)COC(CCN[C@@H](CO)C(=O)O)OC1. The molecule has 0 amide bonds. The number of nitrogens with one attached hydrogen (secondary N) is 1. The lowest BCUT2D eigenvalue weighted by Gasteiger charge is -2.34. The third-order valence-electron chi connectivity index (χ3n) is 2.57. The van der Waals surface area contributed by atoms with Crippen molar-refractivity contribution in [3.05, 3.63) is 0 Å². The fraction of sp³-hybridized carbons (Fsp3) is 0.909. The molecular formula is C11H21NO5. The molecule has 1 atom stereocenters. The van der Waals surface area contributed by atoms with E-state index in [1.165, 1.54) is 0 Å². The topological polar surface area (TPSA) is 88.0 Å². The molecule has 17 heavy (non-hydrogen) atoms. The molecule has 0 aromatic carbocycles. The van der Waals surface area contributed by atoms with Gasteiger partial charge in [-0.25, -0.2) is 0 Å². The highest BCUT2D eigenvalue weighted by atomic mass is 16.7. The monoisotopic (exact) mass is 247 g/mol. The van der Waals surface area contributed by atoms with Crippen LogP contribution in [0.15, 0.2) is 0 Å². The summed E-state index contributed by atoms with van der Waals surface area (Å²) < 4.78 is 11.0. The highest BCUT2D eigenvalue weighted by molar-refractivity contribution is 5.73. The standard InChI is InChI=1S/C11H21NO5/c1-11(2)6-16-9(17-7-11)3-4-12-8(5-13)10(14)15/h8-9,12-13H,3-7H2,1-2H3,(H,14,15)/t8-/m0/s1. The van der Waals surface area contributed by atoms with Gasteiger partial charge in [-0.15, -0.1) is 0 Å². The van der Waals surface area contributed by atoms with Gasteiger partial charge in [0.1, 0.15) is 6.04 Å². The summed E-state index contributed by atoms with van der Waals surface area (Å²) in [6, 6.07) is -0.921. The lowest BCUT2D eigenvalue weighted by atomic mass is 9.95. The lowest BCUT2D eigenvalue weighted by Crippen LogP contribution is -2.43. The van der Waals surface area contributed by atoms with Gasteiger partial charge in [-0.05, 0) is 0 Å². The number of carbonyl (C=O) groups is 1. The normalized spacial score (nSPS) is 22.3. The summed E-state index contributed by atoms with van der Waals surface area (Å²) in [7, 11) is 0. The molecule has 0 aromatic rings. The molecule has 1 rings (SSSR count). The van der Waals surface area contributed by atoms with Crippen molar-refractivity contribution in [1.29, 1.82) is 0 Å². The van der Waals surface area contributed by atoms with Crippen molar-refractivity contribution in [2.45, 2.75) is 32.6 Å². The Morgan fingerprint density at radius 3 is 2.53 bits per heavy atom. The average Bonchev–Trinajstić information content (AvgIpc) is 2.26. The van der Waals surface area contributed by atoms with Crippen LogP contribution in [-0.2, 0) is 14.3 Å². The fourth-order valence-electron chi connectivity index (χ4n) is 1.50. The molecule has 100 valence electrons. The van der Waals surface area contributed by atoms with E-state index in [9.17, 15) is 4.79 Å². The Bertz CT molecular complexity index is 246. The maximum absolute atomic E-state index is 10.6. The van der Waals surface area contributed by atoms with Gasteiger partial charge >= 0.3 is 5.97 Å². The number of aliphatic hydroxyl groups excluding tert-OH is 1. The molecule has 6 nitrogen and oxygen atoms in total. The molecule has 0 bridgehead atoms. The zero-order valence-corrected chi connectivity index (χ0v) is 10.3. The minimum absolute atomic E-state index is 0.0403. The van der Waals surface area contributed by atoms with E-state index in [1.807, 2.05) is 0 Å². The minimum atomic E-state index is -1.06. The van der Waals surface area contributed by atoms with Gasteiger partial charge in [0.2, 0.25) is 0 Å². The van der Waals surface area contributed by atoms with E-state index in [4.69, 9.17) is 19.7 Å². The summed E-state index contributed by atoms with van der Waals surface area (Å²) in [4.78, 5) is 10.6. The van der Waals surface area contributed by atoms with E-state index in [0.717, 1.165) is 0 Å². The van der Waals surface area contributed by atoms with Crippen LogP contribution in [0, 0.1) is 5.41 Å². The van der Waals surface area contributed by atoms with Crippen LogP contribution in [0.5, 0.6) is 0 Å². The van der Waals surface area contributed by atoms with Gasteiger partial charge in [-0.2, -0.15) is 0 Å². The number of aliphatic hydroxyl groups is 1.